The zero-order valence-corrected chi connectivity index (χ0v) is 11.3. The van der Waals surface area contributed by atoms with Crippen LogP contribution in [0.25, 0.3) is 0 Å². The summed E-state index contributed by atoms with van der Waals surface area (Å²) in [5, 5.41) is 2.80. The van der Waals surface area contributed by atoms with Crippen LogP contribution in [0, 0.1) is 0 Å². The van der Waals surface area contributed by atoms with Gasteiger partial charge >= 0.3 is 0 Å². The zero-order chi connectivity index (χ0) is 14.2. The Bertz CT molecular complexity index is 555. The first kappa shape index (κ1) is 13.9. The molecule has 0 unspecified atom stereocenters. The van der Waals surface area contributed by atoms with E-state index >= 15 is 0 Å². The fraction of sp³-hybridized carbons (Fsp3) is 0.188. The first-order valence-corrected chi connectivity index (χ1v) is 6.35. The number of benzene rings is 2. The number of carbonyl (C=O) groups excluding carboxylic acids is 1. The monoisotopic (exact) mass is 271 g/mol. The molecule has 2 aromatic rings. The van der Waals surface area contributed by atoms with Gasteiger partial charge in [-0.15, -0.1) is 0 Å². The molecular formula is C16H17NO3. The molecule has 0 aliphatic rings. The number of hydrogen-bond acceptors (Lipinski definition) is 3. The van der Waals surface area contributed by atoms with Crippen molar-refractivity contribution in [3.05, 3.63) is 60.2 Å². The molecule has 2 aromatic carbocycles. The molecule has 0 saturated carbocycles. The molecule has 1 amide bonds. The summed E-state index contributed by atoms with van der Waals surface area (Å²) in [5.74, 6) is 1.16. The second kappa shape index (κ2) is 7.19. The second-order valence-electron chi connectivity index (χ2n) is 4.23. The van der Waals surface area contributed by atoms with Crippen LogP contribution in [0.1, 0.15) is 5.56 Å². The van der Waals surface area contributed by atoms with E-state index in [-0.39, 0.29) is 12.5 Å². The summed E-state index contributed by atoms with van der Waals surface area (Å²) in [6.07, 6.45) is 0. The number of hydrogen-bond donors (Lipinski definition) is 1. The van der Waals surface area contributed by atoms with Crippen molar-refractivity contribution in [3.63, 3.8) is 0 Å². The van der Waals surface area contributed by atoms with Crippen LogP contribution in [-0.2, 0) is 11.3 Å². The van der Waals surface area contributed by atoms with E-state index in [4.69, 9.17) is 9.47 Å². The number of nitrogens with one attached hydrogen (secondary N) is 1. The molecule has 2 rings (SSSR count). The van der Waals surface area contributed by atoms with Crippen molar-refractivity contribution in [1.82, 2.24) is 5.32 Å². The van der Waals surface area contributed by atoms with Crippen molar-refractivity contribution in [1.29, 1.82) is 0 Å². The standard InChI is InChI=1S/C16H17NO3/c1-19-14-8-5-9-15(10-14)20-12-16(18)17-11-13-6-3-2-4-7-13/h2-10H,11-12H2,1H3,(H,17,18). The predicted octanol–water partition coefficient (Wildman–Crippen LogP) is 2.39. The molecule has 104 valence electrons. The van der Waals surface area contributed by atoms with Crippen molar-refractivity contribution < 1.29 is 14.3 Å². The molecule has 0 spiro atoms. The van der Waals surface area contributed by atoms with Gasteiger partial charge in [0.05, 0.1) is 7.11 Å². The molecule has 0 saturated heterocycles. The second-order valence-corrected chi connectivity index (χ2v) is 4.23. The Balaban J connectivity index is 1.77. The van der Waals surface area contributed by atoms with Gasteiger partial charge in [0.1, 0.15) is 11.5 Å². The van der Waals surface area contributed by atoms with Gasteiger partial charge in [0, 0.05) is 12.6 Å². The Morgan fingerprint density at radius 3 is 2.55 bits per heavy atom. The maximum Gasteiger partial charge on any atom is 0.258 e. The van der Waals surface area contributed by atoms with Crippen LogP contribution in [0.4, 0.5) is 0 Å². The average Bonchev–Trinajstić information content (AvgIpc) is 2.52. The van der Waals surface area contributed by atoms with Crippen molar-refractivity contribution >= 4 is 5.91 Å². The summed E-state index contributed by atoms with van der Waals surface area (Å²) < 4.78 is 10.5. The van der Waals surface area contributed by atoms with Crippen molar-refractivity contribution in [2.24, 2.45) is 0 Å². The van der Waals surface area contributed by atoms with E-state index in [2.05, 4.69) is 5.32 Å². The van der Waals surface area contributed by atoms with Gasteiger partial charge in [0.15, 0.2) is 6.61 Å². The SMILES string of the molecule is COc1cccc(OCC(=O)NCc2ccccc2)c1. The predicted molar refractivity (Wildman–Crippen MR) is 76.8 cm³/mol. The van der Waals surface area contributed by atoms with Gasteiger partial charge in [-0.05, 0) is 17.7 Å². The third-order valence-corrected chi connectivity index (χ3v) is 2.74. The molecule has 20 heavy (non-hydrogen) atoms. The van der Waals surface area contributed by atoms with E-state index in [0.29, 0.717) is 18.0 Å². The van der Waals surface area contributed by atoms with Gasteiger partial charge in [-0.2, -0.15) is 0 Å². The minimum atomic E-state index is -0.156. The maximum absolute atomic E-state index is 11.7. The Morgan fingerprint density at radius 1 is 1.05 bits per heavy atom. The first-order valence-electron chi connectivity index (χ1n) is 6.35. The molecule has 4 heteroatoms. The fourth-order valence-corrected chi connectivity index (χ4v) is 1.69. The fourth-order valence-electron chi connectivity index (χ4n) is 1.69. The Labute approximate surface area is 118 Å². The van der Waals surface area contributed by atoms with Crippen molar-refractivity contribution in [2.75, 3.05) is 13.7 Å². The average molecular weight is 271 g/mol. The molecule has 1 N–H and O–H groups in total. The Morgan fingerprint density at radius 2 is 1.80 bits per heavy atom. The number of ether oxygens (including phenoxy) is 2. The maximum atomic E-state index is 11.7. The highest BCUT2D eigenvalue weighted by Gasteiger charge is 2.03. The number of methoxy groups -OCH3 is 1. The quantitative estimate of drug-likeness (QED) is 0.877. The van der Waals surface area contributed by atoms with Gasteiger partial charge in [-0.25, -0.2) is 0 Å². The first-order chi connectivity index (χ1) is 9.78. The van der Waals surface area contributed by atoms with Crippen LogP contribution in [0.5, 0.6) is 11.5 Å². The third-order valence-electron chi connectivity index (χ3n) is 2.74. The normalized spacial score (nSPS) is 9.85. The smallest absolute Gasteiger partial charge is 0.258 e. The van der Waals surface area contributed by atoms with Gasteiger partial charge in [0.2, 0.25) is 0 Å². The van der Waals surface area contributed by atoms with Crippen molar-refractivity contribution in [3.8, 4) is 11.5 Å². The third kappa shape index (κ3) is 4.31. The highest BCUT2D eigenvalue weighted by molar-refractivity contribution is 5.77. The molecule has 0 aromatic heterocycles. The van der Waals surface area contributed by atoms with Gasteiger partial charge in [0.25, 0.3) is 5.91 Å². The van der Waals surface area contributed by atoms with Gasteiger partial charge in [-0.1, -0.05) is 36.4 Å². The lowest BCUT2D eigenvalue weighted by atomic mass is 10.2. The van der Waals surface area contributed by atoms with Crippen LogP contribution in [0.2, 0.25) is 0 Å². The molecule has 0 aliphatic carbocycles. The van der Waals surface area contributed by atoms with E-state index in [9.17, 15) is 4.79 Å². The van der Waals surface area contributed by atoms with Crippen molar-refractivity contribution in [2.45, 2.75) is 6.54 Å². The summed E-state index contributed by atoms with van der Waals surface area (Å²) in [6, 6.07) is 16.9. The summed E-state index contributed by atoms with van der Waals surface area (Å²) in [4.78, 5) is 11.7. The lowest BCUT2D eigenvalue weighted by Gasteiger charge is -2.08. The summed E-state index contributed by atoms with van der Waals surface area (Å²) in [6.45, 7) is 0.487. The van der Waals surface area contributed by atoms with Crippen LogP contribution >= 0.6 is 0 Å². The van der Waals surface area contributed by atoms with Gasteiger partial charge in [-0.3, -0.25) is 4.79 Å². The molecule has 0 atom stereocenters. The lowest BCUT2D eigenvalue weighted by molar-refractivity contribution is -0.123. The van der Waals surface area contributed by atoms with E-state index in [1.54, 1.807) is 19.2 Å². The number of carbonyl (C=O) groups is 1. The van der Waals surface area contributed by atoms with E-state index < -0.39 is 0 Å². The highest BCUT2D eigenvalue weighted by atomic mass is 16.5. The number of amides is 1. The summed E-state index contributed by atoms with van der Waals surface area (Å²) in [7, 11) is 1.59. The minimum Gasteiger partial charge on any atom is -0.497 e. The van der Waals surface area contributed by atoms with E-state index in [0.717, 1.165) is 5.56 Å². The molecule has 0 bridgehead atoms. The number of rotatable bonds is 6. The molecule has 0 fully saturated rings. The lowest BCUT2D eigenvalue weighted by Crippen LogP contribution is -2.28. The van der Waals surface area contributed by atoms with Gasteiger partial charge < -0.3 is 14.8 Å². The Kier molecular flexibility index (Phi) is 5.00. The topological polar surface area (TPSA) is 47.6 Å². The molecule has 0 aliphatic heterocycles. The highest BCUT2D eigenvalue weighted by Crippen LogP contribution is 2.18. The van der Waals surface area contributed by atoms with Crippen LogP contribution < -0.4 is 14.8 Å². The largest absolute Gasteiger partial charge is 0.497 e. The zero-order valence-electron chi connectivity index (χ0n) is 11.3. The molecular weight excluding hydrogens is 254 g/mol. The molecule has 0 radical (unpaired) electrons. The minimum absolute atomic E-state index is 0.0139. The summed E-state index contributed by atoms with van der Waals surface area (Å²) in [5.41, 5.74) is 1.06. The summed E-state index contributed by atoms with van der Waals surface area (Å²) >= 11 is 0. The molecule has 4 nitrogen and oxygen atoms in total. The molecule has 0 heterocycles. The van der Waals surface area contributed by atoms with Crippen LogP contribution in [0.15, 0.2) is 54.6 Å². The van der Waals surface area contributed by atoms with E-state index in [1.807, 2.05) is 42.5 Å². The van der Waals surface area contributed by atoms with E-state index in [1.165, 1.54) is 0 Å². The Hall–Kier alpha value is -2.49. The van der Waals surface area contributed by atoms with Crippen LogP contribution in [0.3, 0.4) is 0 Å². The van der Waals surface area contributed by atoms with Crippen LogP contribution in [-0.4, -0.2) is 19.6 Å².